The minimum absolute atomic E-state index is 0.0788. The quantitative estimate of drug-likeness (QED) is 0.348. The number of aromatic nitrogens is 5. The first-order valence-corrected chi connectivity index (χ1v) is 12.9. The van der Waals surface area contributed by atoms with E-state index in [1.54, 1.807) is 7.11 Å². The van der Waals surface area contributed by atoms with Gasteiger partial charge in [-0.15, -0.1) is 5.10 Å². The van der Waals surface area contributed by atoms with Crippen molar-refractivity contribution in [3.05, 3.63) is 81.4 Å². The van der Waals surface area contributed by atoms with Crippen molar-refractivity contribution in [1.82, 2.24) is 30.1 Å². The highest BCUT2D eigenvalue weighted by molar-refractivity contribution is 5.79. The summed E-state index contributed by atoms with van der Waals surface area (Å²) in [6.07, 6.45) is 2.98. The van der Waals surface area contributed by atoms with E-state index in [-0.39, 0.29) is 17.7 Å². The van der Waals surface area contributed by atoms with Crippen LogP contribution in [0.2, 0.25) is 0 Å². The number of ether oxygens (including phenoxy) is 2. The van der Waals surface area contributed by atoms with Crippen molar-refractivity contribution in [2.45, 2.75) is 64.9 Å². The molecule has 0 spiro atoms. The van der Waals surface area contributed by atoms with E-state index >= 15 is 0 Å². The van der Waals surface area contributed by atoms with Gasteiger partial charge in [-0.1, -0.05) is 30.7 Å². The van der Waals surface area contributed by atoms with Gasteiger partial charge in [-0.3, -0.25) is 9.69 Å². The van der Waals surface area contributed by atoms with E-state index in [2.05, 4.69) is 57.5 Å². The van der Waals surface area contributed by atoms with Crippen molar-refractivity contribution >= 4 is 10.9 Å². The number of benzene rings is 2. The zero-order valence-corrected chi connectivity index (χ0v) is 21.7. The molecule has 37 heavy (non-hydrogen) atoms. The third-order valence-corrected chi connectivity index (χ3v) is 7.08. The molecule has 1 fully saturated rings. The summed E-state index contributed by atoms with van der Waals surface area (Å²) in [4.78, 5) is 18.5. The highest BCUT2D eigenvalue weighted by atomic mass is 16.5. The zero-order chi connectivity index (χ0) is 25.8. The molecule has 0 unspecified atom stereocenters. The number of nitrogens with zero attached hydrogens (tertiary/aromatic N) is 5. The van der Waals surface area contributed by atoms with Gasteiger partial charge in [0, 0.05) is 30.8 Å². The lowest BCUT2D eigenvalue weighted by molar-refractivity contribution is 0.0888. The second kappa shape index (κ2) is 11.2. The molecule has 5 rings (SSSR count). The number of aryl methyl sites for hydroxylation is 1. The van der Waals surface area contributed by atoms with Crippen LogP contribution in [0.4, 0.5) is 0 Å². The van der Waals surface area contributed by atoms with Crippen molar-refractivity contribution in [2.24, 2.45) is 0 Å². The third kappa shape index (κ3) is 5.73. The van der Waals surface area contributed by atoms with Gasteiger partial charge in [0.15, 0.2) is 5.82 Å². The Balaban J connectivity index is 1.50. The molecule has 9 nitrogen and oxygen atoms in total. The van der Waals surface area contributed by atoms with Crippen LogP contribution in [0.5, 0.6) is 5.75 Å². The summed E-state index contributed by atoms with van der Waals surface area (Å²) < 4.78 is 13.1. The van der Waals surface area contributed by atoms with Crippen molar-refractivity contribution < 1.29 is 9.47 Å². The maximum absolute atomic E-state index is 13.1. The number of H-pyrrole nitrogens is 1. The SMILES string of the molecule is CC[C@H](c1nnnn1C[C@H]1CCCO1)N(Cc1ccc(OC)cc1)Cc1cc2cc(C)ccc2[nH]c1=O. The zero-order valence-electron chi connectivity index (χ0n) is 21.7. The van der Waals surface area contributed by atoms with E-state index < -0.39 is 0 Å². The van der Waals surface area contributed by atoms with Gasteiger partial charge in [-0.05, 0) is 77.9 Å². The van der Waals surface area contributed by atoms with Gasteiger partial charge in [-0.2, -0.15) is 0 Å². The van der Waals surface area contributed by atoms with Crippen LogP contribution >= 0.6 is 0 Å². The number of aromatic amines is 1. The normalized spacial score (nSPS) is 16.5. The molecule has 2 atom stereocenters. The molecule has 1 aliphatic rings. The van der Waals surface area contributed by atoms with E-state index in [1.165, 1.54) is 0 Å². The number of methoxy groups -OCH3 is 1. The fourth-order valence-corrected chi connectivity index (χ4v) is 5.11. The van der Waals surface area contributed by atoms with E-state index in [4.69, 9.17) is 9.47 Å². The second-order valence-corrected chi connectivity index (χ2v) is 9.75. The van der Waals surface area contributed by atoms with Crippen LogP contribution in [0.1, 0.15) is 54.7 Å². The molecule has 0 bridgehead atoms. The Morgan fingerprint density at radius 3 is 2.76 bits per heavy atom. The lowest BCUT2D eigenvalue weighted by atomic mass is 10.1. The summed E-state index contributed by atoms with van der Waals surface area (Å²) in [6.45, 7) is 6.68. The van der Waals surface area contributed by atoms with E-state index in [1.807, 2.05) is 35.0 Å². The number of pyridine rings is 1. The molecule has 0 aliphatic carbocycles. The van der Waals surface area contributed by atoms with Gasteiger partial charge in [0.1, 0.15) is 5.75 Å². The highest BCUT2D eigenvalue weighted by Crippen LogP contribution is 2.28. The number of hydrogen-bond acceptors (Lipinski definition) is 7. The van der Waals surface area contributed by atoms with Crippen LogP contribution in [0.25, 0.3) is 10.9 Å². The van der Waals surface area contributed by atoms with E-state index in [9.17, 15) is 4.79 Å². The topological polar surface area (TPSA) is 98.2 Å². The molecule has 0 radical (unpaired) electrons. The van der Waals surface area contributed by atoms with Gasteiger partial charge in [0.05, 0.1) is 25.8 Å². The van der Waals surface area contributed by atoms with Crippen molar-refractivity contribution in [3.63, 3.8) is 0 Å². The summed E-state index contributed by atoms with van der Waals surface area (Å²) in [5.74, 6) is 1.60. The van der Waals surface area contributed by atoms with Crippen LogP contribution in [-0.4, -0.2) is 49.9 Å². The van der Waals surface area contributed by atoms with Gasteiger partial charge < -0.3 is 14.5 Å². The Bertz CT molecular complexity index is 1390. The Kier molecular flexibility index (Phi) is 7.62. The minimum atomic E-state index is -0.0916. The molecule has 3 heterocycles. The van der Waals surface area contributed by atoms with Crippen LogP contribution in [-0.2, 0) is 24.4 Å². The molecule has 9 heteroatoms. The largest absolute Gasteiger partial charge is 0.497 e. The van der Waals surface area contributed by atoms with Gasteiger partial charge in [-0.25, -0.2) is 4.68 Å². The molecular formula is C28H34N6O3. The van der Waals surface area contributed by atoms with Crippen LogP contribution < -0.4 is 10.3 Å². The van der Waals surface area contributed by atoms with Gasteiger partial charge >= 0.3 is 0 Å². The molecule has 4 aromatic rings. The van der Waals surface area contributed by atoms with Gasteiger partial charge in [0.2, 0.25) is 0 Å². The van der Waals surface area contributed by atoms with Gasteiger partial charge in [0.25, 0.3) is 5.56 Å². The van der Waals surface area contributed by atoms with E-state index in [0.29, 0.717) is 25.2 Å². The maximum Gasteiger partial charge on any atom is 0.252 e. The molecule has 1 saturated heterocycles. The number of tetrazole rings is 1. The average Bonchev–Trinajstić information content (AvgIpc) is 3.58. The van der Waals surface area contributed by atoms with Crippen LogP contribution in [0, 0.1) is 6.92 Å². The Morgan fingerprint density at radius 1 is 1.19 bits per heavy atom. The summed E-state index contributed by atoms with van der Waals surface area (Å²) in [5.41, 5.74) is 3.74. The molecular weight excluding hydrogens is 468 g/mol. The Hall–Kier alpha value is -3.56. The first-order chi connectivity index (χ1) is 18.0. The fourth-order valence-electron chi connectivity index (χ4n) is 5.11. The fraction of sp³-hybridized carbons (Fsp3) is 0.429. The van der Waals surface area contributed by atoms with Crippen LogP contribution in [0.3, 0.4) is 0 Å². The molecule has 2 aromatic heterocycles. The van der Waals surface area contributed by atoms with Crippen LogP contribution in [0.15, 0.2) is 53.3 Å². The third-order valence-electron chi connectivity index (χ3n) is 7.08. The smallest absolute Gasteiger partial charge is 0.252 e. The average molecular weight is 503 g/mol. The summed E-state index contributed by atoms with van der Waals surface area (Å²) in [5, 5.41) is 13.8. The summed E-state index contributed by atoms with van der Waals surface area (Å²) in [6, 6.07) is 16.0. The standard InChI is InChI=1S/C28H34N6O3/c1-4-26(27-30-31-32-34(27)18-24-6-5-13-37-24)33(16-20-8-10-23(36-3)11-9-20)17-22-15-21-14-19(2)7-12-25(21)29-28(22)35/h7-12,14-15,24,26H,4-6,13,16-18H2,1-3H3,(H,29,35)/t24-,26-/m1/s1. The molecule has 0 amide bonds. The molecule has 0 saturated carbocycles. The minimum Gasteiger partial charge on any atom is -0.497 e. The second-order valence-electron chi connectivity index (χ2n) is 9.75. The van der Waals surface area contributed by atoms with Crippen molar-refractivity contribution in [3.8, 4) is 5.75 Å². The predicted molar refractivity (Wildman–Crippen MR) is 141 cm³/mol. The molecule has 194 valence electrons. The first kappa shape index (κ1) is 25.1. The number of hydrogen-bond donors (Lipinski definition) is 1. The molecule has 1 aliphatic heterocycles. The summed E-state index contributed by atoms with van der Waals surface area (Å²) >= 11 is 0. The first-order valence-electron chi connectivity index (χ1n) is 12.9. The monoisotopic (exact) mass is 502 g/mol. The predicted octanol–water partition coefficient (Wildman–Crippen LogP) is 4.16. The number of rotatable bonds is 10. The maximum atomic E-state index is 13.1. The van der Waals surface area contributed by atoms with Crippen molar-refractivity contribution in [2.75, 3.05) is 13.7 Å². The highest BCUT2D eigenvalue weighted by Gasteiger charge is 2.28. The Labute approximate surface area is 216 Å². The lowest BCUT2D eigenvalue weighted by Gasteiger charge is -2.30. The Morgan fingerprint density at radius 2 is 2.03 bits per heavy atom. The lowest BCUT2D eigenvalue weighted by Crippen LogP contribution is -2.33. The summed E-state index contributed by atoms with van der Waals surface area (Å²) in [7, 11) is 1.66. The van der Waals surface area contributed by atoms with E-state index in [0.717, 1.165) is 59.5 Å². The van der Waals surface area contributed by atoms with Crippen molar-refractivity contribution in [1.29, 1.82) is 0 Å². The number of fused-ring (bicyclic) bond motifs is 1. The number of nitrogens with one attached hydrogen (secondary N) is 1. The molecule has 2 aromatic carbocycles. The molecule has 1 N–H and O–H groups in total.